The Labute approximate surface area is 671 Å². The van der Waals surface area contributed by atoms with Gasteiger partial charge in [-0.3, -0.25) is 0 Å². The number of benzene rings is 10. The maximum atomic E-state index is 5.17. The molecule has 0 saturated heterocycles. The van der Waals surface area contributed by atoms with E-state index in [1.54, 1.807) is 0 Å². The van der Waals surface area contributed by atoms with Gasteiger partial charge in [0.1, 0.15) is 0 Å². The smallest absolute Gasteiger partial charge is 0.357 e. The summed E-state index contributed by atoms with van der Waals surface area (Å²) in [5, 5.41) is 0. The zero-order valence-electron chi connectivity index (χ0n) is 60.4. The van der Waals surface area contributed by atoms with E-state index in [4.69, 9.17) is 9.97 Å². The van der Waals surface area contributed by atoms with Crippen LogP contribution in [-0.2, 0) is 39.0 Å². The van der Waals surface area contributed by atoms with Crippen LogP contribution in [0.1, 0.15) is 107 Å². The third-order valence-electron chi connectivity index (χ3n) is 22.3. The van der Waals surface area contributed by atoms with Gasteiger partial charge in [0, 0.05) is 24.8 Å². The summed E-state index contributed by atoms with van der Waals surface area (Å²) in [4.78, 5) is 28.9. The molecule has 2 aliphatic rings. The van der Waals surface area contributed by atoms with Crippen molar-refractivity contribution in [3.8, 4) is 123 Å². The van der Waals surface area contributed by atoms with Gasteiger partial charge in [0.25, 0.3) is 0 Å². The van der Waals surface area contributed by atoms with Gasteiger partial charge >= 0.3 is 39.0 Å². The first kappa shape index (κ1) is 72.5. The van der Waals surface area contributed by atoms with Crippen molar-refractivity contribution in [1.29, 1.82) is 0 Å². The first-order valence-electron chi connectivity index (χ1n) is 37.6. The third-order valence-corrected chi connectivity index (χ3v) is 22.3. The molecular weight excluding hydrogens is 1510 g/mol. The van der Waals surface area contributed by atoms with Crippen LogP contribution in [0.2, 0.25) is 0 Å². The molecule has 10 aromatic carbocycles. The normalized spacial score (nSPS) is 16.7. The van der Waals surface area contributed by atoms with Crippen molar-refractivity contribution in [3.05, 3.63) is 410 Å². The predicted molar refractivity (Wildman–Crippen MR) is 436 cm³/mol. The van der Waals surface area contributed by atoms with E-state index in [0.717, 1.165) is 117 Å². The molecule has 18 rings (SSSR count). The number of hydrogen-bond acceptors (Lipinski definition) is 6. The summed E-state index contributed by atoms with van der Waals surface area (Å²) >= 11 is 0. The monoisotopic (exact) mass is 1590 g/mol. The van der Waals surface area contributed by atoms with Crippen LogP contribution in [0, 0.1) is 36.4 Å². The molecule has 8 heteroatoms. The molecule has 0 radical (unpaired) electrons. The Balaban J connectivity index is 0.00000460. The number of hydrogen-bond donors (Lipinski definition) is 0. The van der Waals surface area contributed by atoms with Gasteiger partial charge in [-0.1, -0.05) is 261 Å². The van der Waals surface area contributed by atoms with Gasteiger partial charge in [-0.15, -0.1) is 131 Å². The Morgan fingerprint density at radius 1 is 0.200 bits per heavy atom. The van der Waals surface area contributed by atoms with E-state index >= 15 is 0 Å². The van der Waals surface area contributed by atoms with Gasteiger partial charge < -0.3 is 29.9 Å². The van der Waals surface area contributed by atoms with Gasteiger partial charge in [-0.2, -0.15) is 12.1 Å². The maximum Gasteiger partial charge on any atom is 3.00 e. The molecule has 2 saturated carbocycles. The summed E-state index contributed by atoms with van der Waals surface area (Å²) in [5.74, 6) is 1.39. The van der Waals surface area contributed by atoms with E-state index in [1.807, 2.05) is 110 Å². The molecule has 6 aromatic heterocycles. The second kappa shape index (κ2) is 33.5. The fraction of sp³-hybridized carbons (Fsp3) is 0.118. The van der Waals surface area contributed by atoms with Crippen LogP contribution in [-0.4, -0.2) is 29.9 Å². The van der Waals surface area contributed by atoms with Crippen LogP contribution in [0.25, 0.3) is 123 Å². The second-order valence-corrected chi connectivity index (χ2v) is 28.6. The van der Waals surface area contributed by atoms with Gasteiger partial charge in [0.05, 0.1) is 0 Å². The first-order valence-corrected chi connectivity index (χ1v) is 37.6. The molecule has 2 aliphatic carbocycles. The summed E-state index contributed by atoms with van der Waals surface area (Å²) < 4.78 is 0. The number of rotatable bonds is 17. The molecule has 0 spiro atoms. The molecule has 0 amide bonds. The van der Waals surface area contributed by atoms with Gasteiger partial charge in [0.2, 0.25) is 0 Å². The Morgan fingerprint density at radius 3 is 0.600 bits per heavy atom. The summed E-state index contributed by atoms with van der Waals surface area (Å²) in [6.45, 7) is 0. The van der Waals surface area contributed by atoms with Crippen molar-refractivity contribution in [3.63, 3.8) is 0 Å². The standard InChI is InChI=1S/C102H74N6.2Rh/c1-7-27-91(85(21-1)69-37-45-73(46-38-69)97-33-13-17-57-103-97)79-61-80(92-28-8-2-22-86(92)70-39-47-74(48-40-70)98-34-14-18-58-104-98)64-83(63-79)95-31-11-5-25-89(95)77-53-55-101(107-67-77)102-56-54-78(68-108-102)90-26-6-12-32-96(90)84-65-81(93-29-9-3-23-87(93)71-41-49-75(50-42-71)99-35-15-19-59-105-99)62-82(66-84)94-30-10-4-24-88(94)72-43-51-76(52-44-72)100-36-16-20-60-106-100;;/h1-45,47,49,51,53-54,57-60,67-68,79-84H,61-66H2;;/q-6;2*+3. The fourth-order valence-corrected chi connectivity index (χ4v) is 17.2. The van der Waals surface area contributed by atoms with E-state index in [1.165, 1.54) is 66.8 Å². The number of aromatic nitrogens is 6. The zero-order chi connectivity index (χ0) is 72.0. The Bertz CT molecular complexity index is 5120. The fourth-order valence-electron chi connectivity index (χ4n) is 17.2. The van der Waals surface area contributed by atoms with Gasteiger partial charge in [-0.25, -0.2) is 12.1 Å². The van der Waals surface area contributed by atoms with E-state index in [2.05, 4.69) is 287 Å². The van der Waals surface area contributed by atoms with E-state index < -0.39 is 0 Å². The summed E-state index contributed by atoms with van der Waals surface area (Å²) in [6.07, 6.45) is 17.3. The molecule has 6 nitrogen and oxygen atoms in total. The minimum Gasteiger partial charge on any atom is -0.357 e. The summed E-state index contributed by atoms with van der Waals surface area (Å²) in [6, 6.07) is 130. The largest absolute Gasteiger partial charge is 3.00 e. The van der Waals surface area contributed by atoms with Crippen molar-refractivity contribution in [2.45, 2.75) is 74.0 Å². The summed E-state index contributed by atoms with van der Waals surface area (Å²) in [7, 11) is 0. The molecular formula is C102H74N6Rh2. The Morgan fingerprint density at radius 2 is 0.409 bits per heavy atom. The molecule has 110 heavy (non-hydrogen) atoms. The van der Waals surface area contributed by atoms with E-state index in [0.29, 0.717) is 11.4 Å². The minimum absolute atomic E-state index is 0. The average Bonchev–Trinajstić information content (AvgIpc) is 0.771. The Kier molecular flexibility index (Phi) is 22.1. The SMILES string of the molecule is [Rh+3].[Rh+3].[c-]1cc(-c2ccccc2C2CC(c3ccccc3-c3c[c-]c(-c4ccccn4)cc3)CC(c3ccccc3-c3c[c-]c(-c4[c-]cc(-c5ccccc5C5CC(c6ccccc6-c6c[c-]c(-c7ccccn7)cc6)CC(c6ccccc6-c6c[c-]c(-c7ccccn7)cc6)C5)cn4)nc3)C2)ccc1-c1ccccn1. The average molecular weight is 1590 g/mol. The maximum absolute atomic E-state index is 5.17. The summed E-state index contributed by atoms with van der Waals surface area (Å²) in [5.41, 5.74) is 30.9. The first-order chi connectivity index (χ1) is 53.5. The van der Waals surface area contributed by atoms with Crippen LogP contribution < -0.4 is 0 Å². The van der Waals surface area contributed by atoms with Crippen molar-refractivity contribution < 1.29 is 39.0 Å². The van der Waals surface area contributed by atoms with Crippen LogP contribution in [0.3, 0.4) is 0 Å². The van der Waals surface area contributed by atoms with Crippen LogP contribution in [0.5, 0.6) is 0 Å². The van der Waals surface area contributed by atoms with Crippen molar-refractivity contribution in [1.82, 2.24) is 29.9 Å². The molecule has 4 unspecified atom stereocenters. The van der Waals surface area contributed by atoms with Crippen LogP contribution in [0.15, 0.2) is 340 Å². The van der Waals surface area contributed by atoms with Crippen molar-refractivity contribution in [2.75, 3.05) is 0 Å². The molecule has 0 N–H and O–H groups in total. The third kappa shape index (κ3) is 15.4. The molecule has 16 aromatic rings. The molecule has 2 fully saturated rings. The molecule has 0 aliphatic heterocycles. The molecule has 6 heterocycles. The van der Waals surface area contributed by atoms with E-state index in [-0.39, 0.29) is 74.5 Å². The van der Waals surface area contributed by atoms with Crippen molar-refractivity contribution >= 4 is 0 Å². The zero-order valence-corrected chi connectivity index (χ0v) is 63.7. The topological polar surface area (TPSA) is 77.3 Å². The van der Waals surface area contributed by atoms with Crippen LogP contribution in [0.4, 0.5) is 0 Å². The Hall–Kier alpha value is -11.7. The second-order valence-electron chi connectivity index (χ2n) is 28.6. The number of pyridine rings is 6. The number of nitrogens with zero attached hydrogens (tertiary/aromatic N) is 6. The van der Waals surface area contributed by atoms with Gasteiger partial charge in [-0.05, 0) is 167 Å². The predicted octanol–water partition coefficient (Wildman–Crippen LogP) is 24.9. The van der Waals surface area contributed by atoms with Crippen molar-refractivity contribution in [2.24, 2.45) is 0 Å². The van der Waals surface area contributed by atoms with Gasteiger partial charge in [0.15, 0.2) is 0 Å². The van der Waals surface area contributed by atoms with E-state index in [9.17, 15) is 0 Å². The van der Waals surface area contributed by atoms with Crippen LogP contribution >= 0.6 is 0 Å². The molecule has 4 atom stereocenters. The minimum atomic E-state index is 0. The molecule has 530 valence electrons. The molecule has 0 bridgehead atoms. The quantitative estimate of drug-likeness (QED) is 0.0668.